The number of amides is 1. The Morgan fingerprint density at radius 2 is 1.68 bits per heavy atom. The molecule has 10 heteroatoms. The van der Waals surface area contributed by atoms with Crippen LogP contribution in [0.2, 0.25) is 10.0 Å². The molecule has 3 aromatic carbocycles. The molecular weight excluding hydrogens is 525 g/mol. The second-order valence-corrected chi connectivity index (χ2v) is 9.94. The molecule has 3 aromatic rings. The molecule has 31 heavy (non-hydrogen) atoms. The van der Waals surface area contributed by atoms with Crippen molar-refractivity contribution in [3.8, 4) is 0 Å². The van der Waals surface area contributed by atoms with Gasteiger partial charge in [-0.3, -0.25) is 9.10 Å². The van der Waals surface area contributed by atoms with Crippen molar-refractivity contribution >= 4 is 67.0 Å². The summed E-state index contributed by atoms with van der Waals surface area (Å²) >= 11 is 15.2. The van der Waals surface area contributed by atoms with Gasteiger partial charge in [-0.15, -0.1) is 0 Å². The molecule has 1 N–H and O–H groups in total. The van der Waals surface area contributed by atoms with Gasteiger partial charge in [-0.05, 0) is 60.2 Å². The number of hydrogen-bond donors (Lipinski definition) is 1. The van der Waals surface area contributed by atoms with Gasteiger partial charge in [0.05, 0.1) is 16.8 Å². The fraction of sp³-hybridized carbons (Fsp3) is 0.0476. The summed E-state index contributed by atoms with van der Waals surface area (Å²) in [5, 5.41) is 4.63. The molecule has 0 radical (unpaired) electrons. The summed E-state index contributed by atoms with van der Waals surface area (Å²) in [6, 6.07) is 19.2. The summed E-state index contributed by atoms with van der Waals surface area (Å²) in [6.45, 7) is -0.497. The summed E-state index contributed by atoms with van der Waals surface area (Å²) < 4.78 is 28.3. The number of hydrogen-bond acceptors (Lipinski definition) is 4. The average Bonchev–Trinajstić information content (AvgIpc) is 2.73. The van der Waals surface area contributed by atoms with Crippen LogP contribution < -0.4 is 9.73 Å². The largest absolute Gasteiger partial charge is 0.271 e. The molecule has 160 valence electrons. The van der Waals surface area contributed by atoms with Gasteiger partial charge in [0.15, 0.2) is 0 Å². The lowest BCUT2D eigenvalue weighted by molar-refractivity contribution is -0.119. The van der Waals surface area contributed by atoms with Gasteiger partial charge in [0.25, 0.3) is 15.9 Å². The maximum Gasteiger partial charge on any atom is 0.264 e. The minimum absolute atomic E-state index is 0.0111. The Balaban J connectivity index is 1.83. The lowest BCUT2D eigenvalue weighted by atomic mass is 10.2. The zero-order valence-corrected chi connectivity index (χ0v) is 19.8. The second kappa shape index (κ2) is 10.3. The Hall–Kier alpha value is -2.39. The quantitative estimate of drug-likeness (QED) is 0.334. The number of sulfonamides is 1. The van der Waals surface area contributed by atoms with Gasteiger partial charge in [0, 0.05) is 14.5 Å². The predicted octanol–water partition coefficient (Wildman–Crippen LogP) is 5.10. The van der Waals surface area contributed by atoms with Crippen molar-refractivity contribution in [2.75, 3.05) is 10.8 Å². The number of hydrazone groups is 1. The lowest BCUT2D eigenvalue weighted by Crippen LogP contribution is -2.39. The maximum atomic E-state index is 13.2. The average molecular weight is 541 g/mol. The molecule has 0 aliphatic carbocycles. The van der Waals surface area contributed by atoms with Crippen molar-refractivity contribution in [3.63, 3.8) is 0 Å². The first-order chi connectivity index (χ1) is 14.8. The summed E-state index contributed by atoms with van der Waals surface area (Å²) in [4.78, 5) is 12.5. The fourth-order valence-corrected chi connectivity index (χ4v) is 4.56. The number of benzene rings is 3. The van der Waals surface area contributed by atoms with Crippen molar-refractivity contribution in [2.45, 2.75) is 4.90 Å². The van der Waals surface area contributed by atoms with Crippen LogP contribution in [0.4, 0.5) is 5.69 Å². The van der Waals surface area contributed by atoms with Crippen LogP contribution in [0, 0.1) is 0 Å². The van der Waals surface area contributed by atoms with E-state index < -0.39 is 22.5 Å². The minimum Gasteiger partial charge on any atom is -0.271 e. The van der Waals surface area contributed by atoms with Gasteiger partial charge in [-0.1, -0.05) is 57.3 Å². The Kier molecular flexibility index (Phi) is 7.72. The van der Waals surface area contributed by atoms with Crippen molar-refractivity contribution in [3.05, 3.63) is 92.9 Å². The standard InChI is InChI=1S/C21H16BrCl2N3O3S/c22-16-6-4-15(5-7-16)13-25-26-21(28)14-27(19-3-1-2-18(24)12-19)31(29,30)20-10-8-17(23)9-11-20/h1-13H,14H2,(H,26,28)/b25-13-. The molecular formula is C21H16BrCl2N3O3S. The molecule has 6 nitrogen and oxygen atoms in total. The molecule has 0 aromatic heterocycles. The van der Waals surface area contributed by atoms with E-state index in [1.165, 1.54) is 36.5 Å². The Labute approximate surface area is 198 Å². The summed E-state index contributed by atoms with van der Waals surface area (Å²) in [5.74, 6) is -0.620. The van der Waals surface area contributed by atoms with E-state index in [9.17, 15) is 13.2 Å². The van der Waals surface area contributed by atoms with Crippen LogP contribution in [-0.4, -0.2) is 27.1 Å². The molecule has 0 saturated carbocycles. The van der Waals surface area contributed by atoms with Crippen molar-refractivity contribution in [1.82, 2.24) is 5.43 Å². The normalized spacial score (nSPS) is 11.5. The number of nitrogens with one attached hydrogen (secondary N) is 1. The first-order valence-electron chi connectivity index (χ1n) is 8.87. The highest BCUT2D eigenvalue weighted by molar-refractivity contribution is 9.10. The lowest BCUT2D eigenvalue weighted by Gasteiger charge is -2.23. The monoisotopic (exact) mass is 539 g/mol. The van der Waals surface area contributed by atoms with Crippen LogP contribution in [-0.2, 0) is 14.8 Å². The molecule has 0 aliphatic heterocycles. The number of anilines is 1. The highest BCUT2D eigenvalue weighted by Crippen LogP contribution is 2.26. The van der Waals surface area contributed by atoms with E-state index >= 15 is 0 Å². The second-order valence-electron chi connectivity index (χ2n) is 6.29. The summed E-state index contributed by atoms with van der Waals surface area (Å²) in [7, 11) is -4.07. The Morgan fingerprint density at radius 3 is 2.32 bits per heavy atom. The van der Waals surface area contributed by atoms with Crippen LogP contribution in [0.5, 0.6) is 0 Å². The molecule has 0 aliphatic rings. The van der Waals surface area contributed by atoms with Gasteiger partial charge in [-0.25, -0.2) is 13.8 Å². The molecule has 0 spiro atoms. The SMILES string of the molecule is O=C(CN(c1cccc(Cl)c1)S(=O)(=O)c1ccc(Cl)cc1)N/N=C\c1ccc(Br)cc1. The van der Waals surface area contributed by atoms with Crippen molar-refractivity contribution < 1.29 is 13.2 Å². The first kappa shape index (κ1) is 23.3. The van der Waals surface area contributed by atoms with Gasteiger partial charge >= 0.3 is 0 Å². The smallest absolute Gasteiger partial charge is 0.264 e. The van der Waals surface area contributed by atoms with Gasteiger partial charge in [-0.2, -0.15) is 5.10 Å². The van der Waals surface area contributed by atoms with Crippen molar-refractivity contribution in [2.24, 2.45) is 5.10 Å². The predicted molar refractivity (Wildman–Crippen MR) is 127 cm³/mol. The molecule has 0 saturated heterocycles. The molecule has 0 bridgehead atoms. The van der Waals surface area contributed by atoms with E-state index in [-0.39, 0.29) is 10.6 Å². The van der Waals surface area contributed by atoms with Crippen LogP contribution >= 0.6 is 39.1 Å². The Morgan fingerprint density at radius 1 is 1.00 bits per heavy atom. The van der Waals surface area contributed by atoms with E-state index in [1.54, 1.807) is 18.2 Å². The third kappa shape index (κ3) is 6.30. The van der Waals surface area contributed by atoms with E-state index in [2.05, 4.69) is 26.5 Å². The third-order valence-electron chi connectivity index (χ3n) is 4.06. The van der Waals surface area contributed by atoms with Crippen LogP contribution in [0.15, 0.2) is 87.3 Å². The number of nitrogens with zero attached hydrogens (tertiary/aromatic N) is 2. The fourth-order valence-electron chi connectivity index (χ4n) is 2.57. The van der Waals surface area contributed by atoms with E-state index in [0.717, 1.165) is 14.3 Å². The number of rotatable bonds is 7. The molecule has 1 amide bonds. The van der Waals surface area contributed by atoms with E-state index in [4.69, 9.17) is 23.2 Å². The zero-order chi connectivity index (χ0) is 22.4. The Bertz CT molecular complexity index is 1200. The number of carbonyl (C=O) groups excluding carboxylic acids is 1. The van der Waals surface area contributed by atoms with E-state index in [0.29, 0.717) is 10.0 Å². The number of carbonyl (C=O) groups is 1. The third-order valence-corrected chi connectivity index (χ3v) is 6.86. The molecule has 3 rings (SSSR count). The van der Waals surface area contributed by atoms with Gasteiger partial charge in [0.1, 0.15) is 6.54 Å². The molecule has 0 heterocycles. The van der Waals surface area contributed by atoms with Gasteiger partial charge < -0.3 is 0 Å². The summed E-state index contributed by atoms with van der Waals surface area (Å²) in [6.07, 6.45) is 1.46. The highest BCUT2D eigenvalue weighted by Gasteiger charge is 2.27. The van der Waals surface area contributed by atoms with Crippen LogP contribution in [0.1, 0.15) is 5.56 Å². The van der Waals surface area contributed by atoms with E-state index in [1.807, 2.05) is 24.3 Å². The number of halogens is 3. The molecule has 0 fully saturated rings. The summed E-state index contributed by atoms with van der Waals surface area (Å²) in [5.41, 5.74) is 3.36. The zero-order valence-electron chi connectivity index (χ0n) is 15.9. The topological polar surface area (TPSA) is 78.8 Å². The molecule has 0 unspecified atom stereocenters. The first-order valence-corrected chi connectivity index (χ1v) is 11.9. The minimum atomic E-state index is -4.07. The van der Waals surface area contributed by atoms with Crippen LogP contribution in [0.25, 0.3) is 0 Å². The maximum absolute atomic E-state index is 13.2. The highest BCUT2D eigenvalue weighted by atomic mass is 79.9. The van der Waals surface area contributed by atoms with Crippen molar-refractivity contribution in [1.29, 1.82) is 0 Å². The molecule has 0 atom stereocenters. The van der Waals surface area contributed by atoms with Gasteiger partial charge in [0.2, 0.25) is 0 Å². The van der Waals surface area contributed by atoms with Crippen LogP contribution in [0.3, 0.4) is 0 Å².